The average Bonchev–Trinajstić information content (AvgIpc) is 2.36. The minimum atomic E-state index is 0.413. The molecule has 2 heteroatoms. The predicted octanol–water partition coefficient (Wildman–Crippen LogP) is 3.97. The zero-order chi connectivity index (χ0) is 8.27. The number of allylic oxidation sites excluding steroid dienone is 4. The van der Waals surface area contributed by atoms with Gasteiger partial charge in [-0.05, 0) is 30.4 Å². The fourth-order valence-corrected chi connectivity index (χ4v) is 1.68. The maximum Gasteiger partial charge on any atom is 0.110 e. The van der Waals surface area contributed by atoms with Crippen LogP contribution in [0.3, 0.4) is 0 Å². The SMILES string of the molecule is C=CCC1=CCCC1=C(Cl)Cl. The maximum absolute atomic E-state index is 5.68. The molecule has 0 aromatic heterocycles. The van der Waals surface area contributed by atoms with Gasteiger partial charge >= 0.3 is 0 Å². The van der Waals surface area contributed by atoms with Crippen LogP contribution in [-0.4, -0.2) is 0 Å². The molecule has 0 bridgehead atoms. The fourth-order valence-electron chi connectivity index (χ4n) is 1.25. The Morgan fingerprint density at radius 1 is 1.64 bits per heavy atom. The van der Waals surface area contributed by atoms with E-state index in [0.717, 1.165) is 24.8 Å². The summed E-state index contributed by atoms with van der Waals surface area (Å²) in [5.74, 6) is 0. The highest BCUT2D eigenvalue weighted by Crippen LogP contribution is 2.33. The van der Waals surface area contributed by atoms with Gasteiger partial charge in [0.2, 0.25) is 0 Å². The third kappa shape index (κ3) is 2.11. The molecule has 1 rings (SSSR count). The highest BCUT2D eigenvalue weighted by molar-refractivity contribution is 6.56. The molecule has 0 aliphatic heterocycles. The number of hydrogen-bond acceptors (Lipinski definition) is 0. The van der Waals surface area contributed by atoms with Crippen LogP contribution in [0.25, 0.3) is 0 Å². The van der Waals surface area contributed by atoms with Crippen LogP contribution >= 0.6 is 23.2 Å². The normalized spacial score (nSPS) is 16.5. The lowest BCUT2D eigenvalue weighted by Gasteiger charge is -2.01. The van der Waals surface area contributed by atoms with Crippen LogP contribution in [0.5, 0.6) is 0 Å². The van der Waals surface area contributed by atoms with Crippen LogP contribution in [0.15, 0.2) is 34.4 Å². The van der Waals surface area contributed by atoms with E-state index in [1.807, 2.05) is 6.08 Å². The van der Waals surface area contributed by atoms with Gasteiger partial charge in [0.05, 0.1) is 0 Å². The van der Waals surface area contributed by atoms with Gasteiger partial charge in [0, 0.05) is 0 Å². The molecule has 0 saturated heterocycles. The smallest absolute Gasteiger partial charge is 0.103 e. The van der Waals surface area contributed by atoms with E-state index in [2.05, 4.69) is 12.7 Å². The summed E-state index contributed by atoms with van der Waals surface area (Å²) >= 11 is 11.4. The van der Waals surface area contributed by atoms with E-state index in [4.69, 9.17) is 23.2 Å². The Kier molecular flexibility index (Phi) is 3.22. The van der Waals surface area contributed by atoms with Gasteiger partial charge in [-0.2, -0.15) is 0 Å². The summed E-state index contributed by atoms with van der Waals surface area (Å²) in [4.78, 5) is 0. The molecule has 0 aromatic rings. The van der Waals surface area contributed by atoms with Crippen molar-refractivity contribution in [3.63, 3.8) is 0 Å². The summed E-state index contributed by atoms with van der Waals surface area (Å²) in [5.41, 5.74) is 2.33. The Bertz CT molecular complexity index is 220. The second kappa shape index (κ2) is 3.99. The summed E-state index contributed by atoms with van der Waals surface area (Å²) in [6.07, 6.45) is 6.95. The van der Waals surface area contributed by atoms with Gasteiger partial charge in [-0.25, -0.2) is 0 Å². The molecule has 0 amide bonds. The lowest BCUT2D eigenvalue weighted by atomic mass is 10.1. The van der Waals surface area contributed by atoms with Crippen molar-refractivity contribution in [3.8, 4) is 0 Å². The second-order valence-corrected chi connectivity index (χ2v) is 3.45. The quantitative estimate of drug-likeness (QED) is 0.576. The van der Waals surface area contributed by atoms with E-state index in [9.17, 15) is 0 Å². The number of rotatable bonds is 2. The minimum absolute atomic E-state index is 0.413. The molecule has 0 N–H and O–H groups in total. The van der Waals surface area contributed by atoms with E-state index in [1.165, 1.54) is 5.57 Å². The second-order valence-electron chi connectivity index (χ2n) is 2.50. The first-order valence-electron chi connectivity index (χ1n) is 3.60. The van der Waals surface area contributed by atoms with E-state index < -0.39 is 0 Å². The monoisotopic (exact) mass is 188 g/mol. The first-order valence-corrected chi connectivity index (χ1v) is 4.35. The molecule has 0 spiro atoms. The summed E-state index contributed by atoms with van der Waals surface area (Å²) in [5, 5.41) is 0. The first-order chi connectivity index (χ1) is 5.25. The lowest BCUT2D eigenvalue weighted by Crippen LogP contribution is -1.82. The summed E-state index contributed by atoms with van der Waals surface area (Å²) in [6.45, 7) is 3.67. The molecule has 0 saturated carbocycles. The van der Waals surface area contributed by atoms with Crippen LogP contribution in [-0.2, 0) is 0 Å². The molecule has 11 heavy (non-hydrogen) atoms. The van der Waals surface area contributed by atoms with Crippen LogP contribution in [0.1, 0.15) is 19.3 Å². The Hall–Kier alpha value is -0.200. The van der Waals surface area contributed by atoms with Crippen LogP contribution in [0.2, 0.25) is 0 Å². The van der Waals surface area contributed by atoms with Crippen LogP contribution < -0.4 is 0 Å². The van der Waals surface area contributed by atoms with Gasteiger partial charge in [0.15, 0.2) is 0 Å². The molecule has 0 unspecified atom stereocenters. The highest BCUT2D eigenvalue weighted by Gasteiger charge is 2.12. The van der Waals surface area contributed by atoms with Crippen molar-refractivity contribution in [2.24, 2.45) is 0 Å². The van der Waals surface area contributed by atoms with Crippen molar-refractivity contribution in [2.45, 2.75) is 19.3 Å². The molecular formula is C9H10Cl2. The van der Waals surface area contributed by atoms with E-state index in [-0.39, 0.29) is 0 Å². The molecule has 60 valence electrons. The van der Waals surface area contributed by atoms with Gasteiger partial charge in [0.1, 0.15) is 4.49 Å². The summed E-state index contributed by atoms with van der Waals surface area (Å²) in [7, 11) is 0. The standard InChI is InChI=1S/C9H10Cl2/c1-2-4-7-5-3-6-8(7)9(10)11/h2,5H,1,3-4,6H2. The maximum atomic E-state index is 5.68. The number of halogens is 2. The van der Waals surface area contributed by atoms with Gasteiger partial charge in [-0.3, -0.25) is 0 Å². The molecule has 0 heterocycles. The van der Waals surface area contributed by atoms with Crippen LogP contribution in [0, 0.1) is 0 Å². The molecular weight excluding hydrogens is 179 g/mol. The third-order valence-corrected chi connectivity index (χ3v) is 2.22. The first kappa shape index (κ1) is 8.89. The number of hydrogen-bond donors (Lipinski definition) is 0. The summed E-state index contributed by atoms with van der Waals surface area (Å²) in [6, 6.07) is 0. The Morgan fingerprint density at radius 2 is 2.36 bits per heavy atom. The molecule has 0 atom stereocenters. The van der Waals surface area contributed by atoms with Gasteiger partial charge in [-0.15, -0.1) is 6.58 Å². The van der Waals surface area contributed by atoms with E-state index >= 15 is 0 Å². The molecule has 0 fully saturated rings. The zero-order valence-electron chi connectivity index (χ0n) is 6.24. The molecule has 0 aromatic carbocycles. The van der Waals surface area contributed by atoms with Crippen molar-refractivity contribution >= 4 is 23.2 Å². The molecule has 0 radical (unpaired) electrons. The lowest BCUT2D eigenvalue weighted by molar-refractivity contribution is 1.05. The third-order valence-electron chi connectivity index (χ3n) is 1.77. The Labute approximate surface area is 77.2 Å². The van der Waals surface area contributed by atoms with Crippen molar-refractivity contribution in [1.82, 2.24) is 0 Å². The average molecular weight is 189 g/mol. The van der Waals surface area contributed by atoms with Crippen molar-refractivity contribution in [1.29, 1.82) is 0 Å². The molecule has 1 aliphatic carbocycles. The van der Waals surface area contributed by atoms with Crippen molar-refractivity contribution < 1.29 is 0 Å². The predicted molar refractivity (Wildman–Crippen MR) is 50.9 cm³/mol. The van der Waals surface area contributed by atoms with Gasteiger partial charge in [-0.1, -0.05) is 35.4 Å². The largest absolute Gasteiger partial charge is 0.110 e. The zero-order valence-corrected chi connectivity index (χ0v) is 7.75. The highest BCUT2D eigenvalue weighted by atomic mass is 35.5. The van der Waals surface area contributed by atoms with Gasteiger partial charge in [0.25, 0.3) is 0 Å². The Balaban J connectivity index is 2.79. The Morgan fingerprint density at radius 3 is 2.91 bits per heavy atom. The van der Waals surface area contributed by atoms with Crippen molar-refractivity contribution in [3.05, 3.63) is 34.4 Å². The molecule has 1 aliphatic rings. The fraction of sp³-hybridized carbons (Fsp3) is 0.333. The van der Waals surface area contributed by atoms with Crippen LogP contribution in [0.4, 0.5) is 0 Å². The van der Waals surface area contributed by atoms with E-state index in [0.29, 0.717) is 4.49 Å². The van der Waals surface area contributed by atoms with Crippen molar-refractivity contribution in [2.75, 3.05) is 0 Å². The summed E-state index contributed by atoms with van der Waals surface area (Å²) < 4.78 is 0.413. The van der Waals surface area contributed by atoms with Gasteiger partial charge < -0.3 is 0 Å². The molecule has 0 nitrogen and oxygen atoms in total. The topological polar surface area (TPSA) is 0 Å². The van der Waals surface area contributed by atoms with E-state index in [1.54, 1.807) is 0 Å². The minimum Gasteiger partial charge on any atom is -0.103 e.